The maximum absolute atomic E-state index is 10.9. The van der Waals surface area contributed by atoms with Crippen molar-refractivity contribution in [2.45, 2.75) is 19.1 Å². The number of aliphatic hydroxyl groups is 1. The van der Waals surface area contributed by atoms with Crippen LogP contribution >= 0.6 is 0 Å². The van der Waals surface area contributed by atoms with E-state index < -0.39 is 6.10 Å². The highest BCUT2D eigenvalue weighted by molar-refractivity contribution is 5.80. The van der Waals surface area contributed by atoms with Crippen LogP contribution in [0.3, 0.4) is 0 Å². The van der Waals surface area contributed by atoms with Crippen LogP contribution < -0.4 is 5.32 Å². The molecule has 0 aliphatic heterocycles. The molecule has 0 spiro atoms. The van der Waals surface area contributed by atoms with Crippen LogP contribution in [0.25, 0.3) is 0 Å². The van der Waals surface area contributed by atoms with E-state index in [9.17, 15) is 9.90 Å². The molecule has 2 atom stereocenters. The lowest BCUT2D eigenvalue weighted by Gasteiger charge is -2.23. The van der Waals surface area contributed by atoms with E-state index in [0.29, 0.717) is 0 Å². The van der Waals surface area contributed by atoms with Crippen LogP contribution in [-0.2, 0) is 4.79 Å². The van der Waals surface area contributed by atoms with Crippen molar-refractivity contribution in [3.8, 4) is 0 Å². The van der Waals surface area contributed by atoms with Gasteiger partial charge in [0, 0.05) is 14.5 Å². The molecule has 1 unspecified atom stereocenters. The van der Waals surface area contributed by atoms with Crippen LogP contribution in [0.2, 0.25) is 0 Å². The van der Waals surface area contributed by atoms with E-state index in [1.54, 1.807) is 11.8 Å². The summed E-state index contributed by atoms with van der Waals surface area (Å²) in [4.78, 5) is 12.7. The molecule has 68 valence electrons. The molecule has 2 N–H and O–H groups in total. The first-order valence-corrected chi connectivity index (χ1v) is 3.56. The quantitative estimate of drug-likeness (QED) is 0.576. The lowest BCUT2D eigenvalue weighted by atomic mass is 10.1. The van der Waals surface area contributed by atoms with Gasteiger partial charge in [-0.2, -0.15) is 0 Å². The zero-order valence-electron chi connectivity index (χ0n) is 7.46. The molecule has 0 radical (unpaired) electrons. The fourth-order valence-electron chi connectivity index (χ4n) is 0.649. The van der Waals surface area contributed by atoms with Gasteiger partial charge in [0.05, 0.1) is 0 Å². The number of carbonyl (C=O) groups is 1. The summed E-state index contributed by atoms with van der Waals surface area (Å²) in [5.74, 6) is -0.341. The molecule has 0 aromatic rings. The van der Waals surface area contributed by atoms with Crippen molar-refractivity contribution in [3.63, 3.8) is 0 Å². The van der Waals surface area contributed by atoms with E-state index in [4.69, 9.17) is 0 Å². The lowest BCUT2D eigenvalue weighted by Crippen LogP contribution is -2.45. The minimum absolute atomic E-state index is 0. The SMILES string of the molecule is CNC(=O)C(O)[C@H](C)N(C)C.[HH]. The topological polar surface area (TPSA) is 52.6 Å². The van der Waals surface area contributed by atoms with Gasteiger partial charge in [-0.25, -0.2) is 0 Å². The molecular weight excluding hydrogens is 144 g/mol. The highest BCUT2D eigenvalue weighted by atomic mass is 16.3. The lowest BCUT2D eigenvalue weighted by molar-refractivity contribution is -0.131. The maximum Gasteiger partial charge on any atom is 0.250 e. The van der Waals surface area contributed by atoms with Crippen LogP contribution in [-0.4, -0.2) is 49.2 Å². The van der Waals surface area contributed by atoms with Crippen molar-refractivity contribution in [2.24, 2.45) is 0 Å². The summed E-state index contributed by atoms with van der Waals surface area (Å²) < 4.78 is 0. The van der Waals surface area contributed by atoms with Crippen molar-refractivity contribution in [3.05, 3.63) is 0 Å². The van der Waals surface area contributed by atoms with Crippen molar-refractivity contribution in [1.82, 2.24) is 10.2 Å². The predicted molar refractivity (Wildman–Crippen MR) is 45.3 cm³/mol. The molecule has 0 aromatic heterocycles. The van der Waals surface area contributed by atoms with Gasteiger partial charge < -0.3 is 15.3 Å². The van der Waals surface area contributed by atoms with Gasteiger partial charge in [0.2, 0.25) is 5.91 Å². The van der Waals surface area contributed by atoms with Crippen molar-refractivity contribution in [2.75, 3.05) is 21.1 Å². The van der Waals surface area contributed by atoms with Gasteiger partial charge in [0.15, 0.2) is 0 Å². The highest BCUT2D eigenvalue weighted by Gasteiger charge is 2.22. The Bertz CT molecular complexity index is 141. The molecular formula is C7H18N2O2. The molecule has 11 heavy (non-hydrogen) atoms. The van der Waals surface area contributed by atoms with E-state index in [1.165, 1.54) is 7.05 Å². The van der Waals surface area contributed by atoms with Crippen LogP contribution in [0.15, 0.2) is 0 Å². The molecule has 4 nitrogen and oxygen atoms in total. The Morgan fingerprint density at radius 2 is 2.09 bits per heavy atom. The number of likely N-dealkylation sites (N-methyl/N-ethyl adjacent to an activating group) is 2. The Hall–Kier alpha value is -0.610. The first-order chi connectivity index (χ1) is 5.00. The van der Waals surface area contributed by atoms with Gasteiger partial charge in [-0.05, 0) is 21.0 Å². The molecule has 0 bridgehead atoms. The largest absolute Gasteiger partial charge is 0.382 e. The van der Waals surface area contributed by atoms with E-state index in [2.05, 4.69) is 5.32 Å². The van der Waals surface area contributed by atoms with Gasteiger partial charge in [-0.3, -0.25) is 4.79 Å². The molecule has 0 fully saturated rings. The van der Waals surface area contributed by atoms with Crippen molar-refractivity contribution in [1.29, 1.82) is 0 Å². The van der Waals surface area contributed by atoms with Gasteiger partial charge >= 0.3 is 0 Å². The summed E-state index contributed by atoms with van der Waals surface area (Å²) in [5.41, 5.74) is 0. The standard InChI is InChI=1S/C7H16N2O2.H2/c1-5(9(3)4)6(10)7(11)8-2;/h5-6,10H,1-4H3,(H,8,11);1H/t5-,6?;/m0./s1. The Balaban J connectivity index is 0. The van der Waals surface area contributed by atoms with Gasteiger partial charge in [-0.1, -0.05) is 0 Å². The highest BCUT2D eigenvalue weighted by Crippen LogP contribution is 1.98. The molecule has 0 aromatic carbocycles. The molecule has 0 aliphatic carbocycles. The van der Waals surface area contributed by atoms with E-state index in [-0.39, 0.29) is 13.4 Å². The monoisotopic (exact) mass is 162 g/mol. The first-order valence-electron chi connectivity index (χ1n) is 3.56. The minimum atomic E-state index is -0.949. The zero-order chi connectivity index (χ0) is 9.02. The first kappa shape index (κ1) is 10.4. The number of carbonyl (C=O) groups excluding carboxylic acids is 1. The fraction of sp³-hybridized carbons (Fsp3) is 0.857. The third-order valence-electron chi connectivity index (χ3n) is 1.79. The summed E-state index contributed by atoms with van der Waals surface area (Å²) in [6, 6.07) is -0.157. The maximum atomic E-state index is 10.9. The molecule has 0 saturated carbocycles. The second-order valence-electron chi connectivity index (χ2n) is 2.76. The molecule has 0 heterocycles. The van der Waals surface area contributed by atoms with Crippen molar-refractivity contribution < 1.29 is 11.3 Å². The summed E-state index contributed by atoms with van der Waals surface area (Å²) in [7, 11) is 5.14. The number of hydrogen-bond acceptors (Lipinski definition) is 3. The van der Waals surface area contributed by atoms with E-state index >= 15 is 0 Å². The molecule has 0 rings (SSSR count). The molecule has 0 aliphatic rings. The van der Waals surface area contributed by atoms with E-state index in [1.807, 2.05) is 14.1 Å². The normalized spacial score (nSPS) is 16.2. The van der Waals surface area contributed by atoms with Crippen LogP contribution in [0, 0.1) is 0 Å². The summed E-state index contributed by atoms with van der Waals surface area (Å²) in [5, 5.41) is 11.7. The average molecular weight is 162 g/mol. The Morgan fingerprint density at radius 3 is 2.36 bits per heavy atom. The van der Waals surface area contributed by atoms with Gasteiger partial charge in [-0.15, -0.1) is 0 Å². The Kier molecular flexibility index (Phi) is 4.07. The fourth-order valence-corrected chi connectivity index (χ4v) is 0.649. The molecule has 0 saturated heterocycles. The zero-order valence-corrected chi connectivity index (χ0v) is 7.46. The molecule has 4 heteroatoms. The average Bonchev–Trinajstić information content (AvgIpc) is 2.00. The third kappa shape index (κ3) is 2.86. The Morgan fingerprint density at radius 1 is 1.64 bits per heavy atom. The summed E-state index contributed by atoms with van der Waals surface area (Å²) >= 11 is 0. The Labute approximate surface area is 68.7 Å². The number of rotatable bonds is 3. The van der Waals surface area contributed by atoms with Gasteiger partial charge in [0.25, 0.3) is 0 Å². The van der Waals surface area contributed by atoms with Crippen LogP contribution in [0.1, 0.15) is 8.35 Å². The number of nitrogens with zero attached hydrogens (tertiary/aromatic N) is 1. The van der Waals surface area contributed by atoms with Gasteiger partial charge in [0.1, 0.15) is 6.10 Å². The summed E-state index contributed by atoms with van der Waals surface area (Å²) in [6.07, 6.45) is -0.949. The van der Waals surface area contributed by atoms with E-state index in [0.717, 1.165) is 0 Å². The van der Waals surface area contributed by atoms with Crippen LogP contribution in [0.4, 0.5) is 0 Å². The summed E-state index contributed by atoms with van der Waals surface area (Å²) in [6.45, 7) is 1.79. The smallest absolute Gasteiger partial charge is 0.250 e. The predicted octanol–water partition coefficient (Wildman–Crippen LogP) is -0.711. The minimum Gasteiger partial charge on any atom is -0.382 e. The third-order valence-corrected chi connectivity index (χ3v) is 1.79. The second kappa shape index (κ2) is 4.31. The molecule has 1 amide bonds. The number of hydrogen-bond donors (Lipinski definition) is 2. The van der Waals surface area contributed by atoms with Crippen LogP contribution in [0.5, 0.6) is 0 Å². The number of aliphatic hydroxyl groups excluding tert-OH is 1. The van der Waals surface area contributed by atoms with Crippen molar-refractivity contribution >= 4 is 5.91 Å². The number of amides is 1. The second-order valence-corrected chi connectivity index (χ2v) is 2.76. The number of nitrogens with one attached hydrogen (secondary N) is 1.